The molecule has 0 aromatic heterocycles. The lowest BCUT2D eigenvalue weighted by molar-refractivity contribution is -0.112. The van der Waals surface area contributed by atoms with Crippen LogP contribution in [0.1, 0.15) is 6.92 Å². The Morgan fingerprint density at radius 1 is 1.23 bits per heavy atom. The minimum atomic E-state index is -2.05. The lowest BCUT2D eigenvalue weighted by atomic mass is 10.2. The third-order valence-corrected chi connectivity index (χ3v) is 5.12. The van der Waals surface area contributed by atoms with Crippen molar-refractivity contribution in [1.82, 2.24) is 9.21 Å². The van der Waals surface area contributed by atoms with E-state index in [0.717, 1.165) is 0 Å². The second kappa shape index (κ2) is 12.5. The first-order valence-electron chi connectivity index (χ1n) is 9.53. The highest BCUT2D eigenvalue weighted by molar-refractivity contribution is 7.76. The molecule has 1 aliphatic heterocycles. The number of rotatable bonds is 11. The van der Waals surface area contributed by atoms with Crippen LogP contribution in [0.5, 0.6) is 0 Å². The van der Waals surface area contributed by atoms with Crippen molar-refractivity contribution in [1.29, 1.82) is 5.41 Å². The third-order valence-electron chi connectivity index (χ3n) is 4.31. The van der Waals surface area contributed by atoms with Crippen LogP contribution in [0.2, 0.25) is 0 Å². The van der Waals surface area contributed by atoms with Gasteiger partial charge in [0.25, 0.3) is 5.91 Å². The van der Waals surface area contributed by atoms with Gasteiger partial charge in [-0.1, -0.05) is 0 Å². The van der Waals surface area contributed by atoms with Crippen LogP contribution in [0.25, 0.3) is 0 Å². The number of carbonyl (C=O) groups is 1. The summed E-state index contributed by atoms with van der Waals surface area (Å²) in [6.07, 6.45) is 1.29. The zero-order chi connectivity index (χ0) is 21.9. The molecule has 166 valence electrons. The fourth-order valence-electron chi connectivity index (χ4n) is 2.80. The van der Waals surface area contributed by atoms with Crippen LogP contribution in [0.4, 0.5) is 10.1 Å². The van der Waals surface area contributed by atoms with E-state index in [-0.39, 0.29) is 12.3 Å². The average molecular weight is 443 g/mol. The molecule has 1 heterocycles. The van der Waals surface area contributed by atoms with Gasteiger partial charge in [-0.25, -0.2) is 8.60 Å². The number of amides is 1. The van der Waals surface area contributed by atoms with Crippen LogP contribution in [0.15, 0.2) is 36.0 Å². The standard InChI is InChI=1S/C19H27FN4O5S/c1-2-28-11-12-29-14-17(21)18(23-7-9-24(10-8-23)30(26)27)13-19(25)22-16-5-3-15(20)4-6-16/h3-6,13,21H,2,7-12,14H2,1H3,(H,22,25)(H,26,27)/b18-13+,21-17?. The van der Waals surface area contributed by atoms with Crippen LogP contribution in [0, 0.1) is 11.2 Å². The maximum absolute atomic E-state index is 13.0. The lowest BCUT2D eigenvalue weighted by Gasteiger charge is -2.35. The fourth-order valence-corrected chi connectivity index (χ4v) is 3.28. The number of carbonyl (C=O) groups excluding carboxylic acids is 1. The number of benzene rings is 1. The molecule has 1 amide bonds. The maximum atomic E-state index is 13.0. The number of hydrogen-bond acceptors (Lipinski definition) is 6. The Balaban J connectivity index is 2.06. The molecule has 1 unspecified atom stereocenters. The van der Waals surface area contributed by atoms with Gasteiger partial charge in [0.1, 0.15) is 5.82 Å². The summed E-state index contributed by atoms with van der Waals surface area (Å²) in [7, 11) is 0. The van der Waals surface area contributed by atoms with E-state index in [1.807, 2.05) is 11.8 Å². The highest BCUT2D eigenvalue weighted by Gasteiger charge is 2.24. The molecule has 0 radical (unpaired) electrons. The number of ether oxygens (including phenoxy) is 2. The van der Waals surface area contributed by atoms with Gasteiger partial charge in [0.15, 0.2) is 0 Å². The number of nitrogens with zero attached hydrogens (tertiary/aromatic N) is 2. The van der Waals surface area contributed by atoms with E-state index in [1.54, 1.807) is 0 Å². The molecule has 1 atom stereocenters. The molecule has 1 aromatic rings. The third kappa shape index (κ3) is 7.92. The van der Waals surface area contributed by atoms with Gasteiger partial charge in [-0.15, -0.1) is 0 Å². The largest absolute Gasteiger partial charge is 0.379 e. The number of hydrogen-bond donors (Lipinski definition) is 3. The van der Waals surface area contributed by atoms with Gasteiger partial charge in [-0.2, -0.15) is 4.31 Å². The van der Waals surface area contributed by atoms with Gasteiger partial charge in [-0.05, 0) is 31.2 Å². The van der Waals surface area contributed by atoms with E-state index in [4.69, 9.17) is 14.9 Å². The summed E-state index contributed by atoms with van der Waals surface area (Å²) in [5.41, 5.74) is 0.908. The average Bonchev–Trinajstić information content (AvgIpc) is 2.73. The molecule has 0 saturated carbocycles. The van der Waals surface area contributed by atoms with Gasteiger partial charge in [0.2, 0.25) is 11.3 Å². The maximum Gasteiger partial charge on any atom is 0.250 e. The lowest BCUT2D eigenvalue weighted by Crippen LogP contribution is -2.47. The smallest absolute Gasteiger partial charge is 0.250 e. The first-order valence-corrected chi connectivity index (χ1v) is 10.6. The molecular formula is C19H27FN4O5S. The quantitative estimate of drug-likeness (QED) is 0.207. The first-order chi connectivity index (χ1) is 14.4. The van der Waals surface area contributed by atoms with Crippen LogP contribution in [-0.4, -0.2) is 82.2 Å². The van der Waals surface area contributed by atoms with Crippen LogP contribution in [0.3, 0.4) is 0 Å². The summed E-state index contributed by atoms with van der Waals surface area (Å²) in [6.45, 7) is 4.57. The second-order valence-electron chi connectivity index (χ2n) is 6.40. The van der Waals surface area contributed by atoms with Gasteiger partial charge in [0, 0.05) is 44.5 Å². The Morgan fingerprint density at radius 3 is 2.47 bits per heavy atom. The van der Waals surface area contributed by atoms with E-state index in [1.165, 1.54) is 34.6 Å². The summed E-state index contributed by atoms with van der Waals surface area (Å²) in [5, 5.41) is 11.0. The van der Waals surface area contributed by atoms with Gasteiger partial charge < -0.3 is 25.1 Å². The van der Waals surface area contributed by atoms with E-state index in [2.05, 4.69) is 5.32 Å². The Labute approximate surface area is 177 Å². The van der Waals surface area contributed by atoms with E-state index >= 15 is 0 Å². The summed E-state index contributed by atoms with van der Waals surface area (Å²) < 4.78 is 45.6. The van der Waals surface area contributed by atoms with Crippen LogP contribution < -0.4 is 5.32 Å². The fraction of sp³-hybridized carbons (Fsp3) is 0.474. The molecule has 1 aliphatic rings. The highest BCUT2D eigenvalue weighted by Crippen LogP contribution is 2.14. The summed E-state index contributed by atoms with van der Waals surface area (Å²) >= 11 is -2.05. The Bertz CT molecular complexity index is 767. The van der Waals surface area contributed by atoms with E-state index in [9.17, 15) is 17.9 Å². The number of halogens is 1. The molecule has 1 fully saturated rings. The molecule has 1 aromatic carbocycles. The summed E-state index contributed by atoms with van der Waals surface area (Å²) in [5.74, 6) is -0.877. The van der Waals surface area contributed by atoms with Crippen molar-refractivity contribution in [2.75, 3.05) is 57.9 Å². The predicted molar refractivity (Wildman–Crippen MR) is 112 cm³/mol. The van der Waals surface area contributed by atoms with Gasteiger partial charge >= 0.3 is 0 Å². The van der Waals surface area contributed by atoms with Crippen LogP contribution >= 0.6 is 0 Å². The van der Waals surface area contributed by atoms with Gasteiger partial charge in [-0.3, -0.25) is 9.35 Å². The van der Waals surface area contributed by atoms with Crippen molar-refractivity contribution in [3.8, 4) is 0 Å². The zero-order valence-electron chi connectivity index (χ0n) is 16.8. The van der Waals surface area contributed by atoms with Crippen molar-refractivity contribution < 1.29 is 27.4 Å². The normalized spacial score (nSPS) is 16.4. The molecule has 9 nitrogen and oxygen atoms in total. The monoisotopic (exact) mass is 442 g/mol. The Morgan fingerprint density at radius 2 is 1.87 bits per heavy atom. The molecule has 11 heteroatoms. The summed E-state index contributed by atoms with van der Waals surface area (Å²) in [4.78, 5) is 14.3. The molecule has 0 bridgehead atoms. The van der Waals surface area contributed by atoms with Gasteiger partial charge in [0.05, 0.1) is 31.2 Å². The SMILES string of the molecule is CCOCCOCC(=N)/C(=C\C(=O)Nc1ccc(F)cc1)N1CCN(S(=O)O)CC1. The predicted octanol–water partition coefficient (Wildman–Crippen LogP) is 1.48. The summed E-state index contributed by atoms with van der Waals surface area (Å²) in [6, 6.07) is 5.36. The molecule has 0 aliphatic carbocycles. The van der Waals surface area contributed by atoms with Crippen molar-refractivity contribution in [3.05, 3.63) is 41.9 Å². The van der Waals surface area contributed by atoms with Crippen molar-refractivity contribution in [2.45, 2.75) is 6.92 Å². The Kier molecular flexibility index (Phi) is 10.0. The van der Waals surface area contributed by atoms with Crippen LogP contribution in [-0.2, 0) is 25.5 Å². The molecular weight excluding hydrogens is 415 g/mol. The molecule has 0 spiro atoms. The molecule has 3 N–H and O–H groups in total. The highest BCUT2D eigenvalue weighted by atomic mass is 32.2. The van der Waals surface area contributed by atoms with E-state index in [0.29, 0.717) is 57.4 Å². The minimum Gasteiger partial charge on any atom is -0.379 e. The second-order valence-corrected chi connectivity index (χ2v) is 7.38. The molecule has 1 saturated heterocycles. The number of piperazine rings is 1. The first kappa shape index (κ1) is 24.1. The van der Waals surface area contributed by atoms with E-state index < -0.39 is 23.0 Å². The Hall–Kier alpha value is -2.18. The molecule has 2 rings (SSSR count). The number of nitrogens with one attached hydrogen (secondary N) is 2. The minimum absolute atomic E-state index is 0.00508. The topological polar surface area (TPSA) is 115 Å². The zero-order valence-corrected chi connectivity index (χ0v) is 17.6. The van der Waals surface area contributed by atoms with Crippen molar-refractivity contribution in [2.24, 2.45) is 0 Å². The van der Waals surface area contributed by atoms with Crippen molar-refractivity contribution in [3.63, 3.8) is 0 Å². The number of anilines is 1. The van der Waals surface area contributed by atoms with Crippen molar-refractivity contribution >= 4 is 28.6 Å². The molecule has 30 heavy (non-hydrogen) atoms.